The Kier molecular flexibility index (Phi) is 4.59. The lowest BCUT2D eigenvalue weighted by atomic mass is 9.85. The van der Waals surface area contributed by atoms with E-state index >= 15 is 0 Å². The van der Waals surface area contributed by atoms with E-state index in [1.165, 1.54) is 19.3 Å². The molecule has 2 nitrogen and oxygen atoms in total. The SMILES string of the molecule is CCNCc1ccc(N(C)CC2CCC2)c(F)c1. The summed E-state index contributed by atoms with van der Waals surface area (Å²) in [6.07, 6.45) is 3.93. The van der Waals surface area contributed by atoms with E-state index in [9.17, 15) is 4.39 Å². The minimum absolute atomic E-state index is 0.104. The van der Waals surface area contributed by atoms with Crippen molar-refractivity contribution in [1.82, 2.24) is 5.32 Å². The zero-order chi connectivity index (χ0) is 13.0. The minimum Gasteiger partial charge on any atom is -0.372 e. The quantitative estimate of drug-likeness (QED) is 0.834. The Hall–Kier alpha value is -1.09. The average Bonchev–Trinajstić information content (AvgIpc) is 2.31. The van der Waals surface area contributed by atoms with Crippen LogP contribution in [0.2, 0.25) is 0 Å². The van der Waals surface area contributed by atoms with Crippen LogP contribution >= 0.6 is 0 Å². The van der Waals surface area contributed by atoms with Gasteiger partial charge in [-0.05, 0) is 43.0 Å². The van der Waals surface area contributed by atoms with E-state index in [0.717, 1.165) is 36.8 Å². The first kappa shape index (κ1) is 13.3. The van der Waals surface area contributed by atoms with Gasteiger partial charge in [-0.2, -0.15) is 0 Å². The lowest BCUT2D eigenvalue weighted by Gasteiger charge is -2.31. The molecule has 0 aromatic heterocycles. The second-order valence-corrected chi connectivity index (χ2v) is 5.24. The third-order valence-corrected chi connectivity index (χ3v) is 3.76. The molecule has 2 rings (SSSR count). The first-order chi connectivity index (χ1) is 8.70. The molecule has 1 aliphatic carbocycles. The summed E-state index contributed by atoms with van der Waals surface area (Å²) in [6, 6.07) is 5.56. The Balaban J connectivity index is 1.98. The Morgan fingerprint density at radius 1 is 1.39 bits per heavy atom. The smallest absolute Gasteiger partial charge is 0.146 e. The van der Waals surface area contributed by atoms with Gasteiger partial charge in [0.05, 0.1) is 5.69 Å². The molecule has 0 radical (unpaired) electrons. The summed E-state index contributed by atoms with van der Waals surface area (Å²) in [5, 5.41) is 3.21. The Morgan fingerprint density at radius 2 is 2.17 bits per heavy atom. The number of nitrogens with one attached hydrogen (secondary N) is 1. The van der Waals surface area contributed by atoms with Crippen molar-refractivity contribution >= 4 is 5.69 Å². The van der Waals surface area contributed by atoms with Crippen molar-refractivity contribution in [1.29, 1.82) is 0 Å². The zero-order valence-electron chi connectivity index (χ0n) is 11.4. The van der Waals surface area contributed by atoms with E-state index in [0.29, 0.717) is 0 Å². The van der Waals surface area contributed by atoms with Crippen LogP contribution < -0.4 is 10.2 Å². The number of rotatable bonds is 6. The Morgan fingerprint density at radius 3 is 2.72 bits per heavy atom. The highest BCUT2D eigenvalue weighted by molar-refractivity contribution is 5.48. The van der Waals surface area contributed by atoms with Crippen LogP contribution in [0.1, 0.15) is 31.7 Å². The van der Waals surface area contributed by atoms with Gasteiger partial charge >= 0.3 is 0 Å². The molecule has 1 saturated carbocycles. The number of hydrogen-bond donors (Lipinski definition) is 1. The van der Waals surface area contributed by atoms with Gasteiger partial charge < -0.3 is 10.2 Å². The topological polar surface area (TPSA) is 15.3 Å². The van der Waals surface area contributed by atoms with Crippen LogP contribution in [0.3, 0.4) is 0 Å². The molecule has 1 aliphatic rings. The monoisotopic (exact) mass is 250 g/mol. The van der Waals surface area contributed by atoms with Crippen molar-refractivity contribution in [2.75, 3.05) is 25.0 Å². The van der Waals surface area contributed by atoms with Crippen molar-refractivity contribution in [3.8, 4) is 0 Å². The van der Waals surface area contributed by atoms with Crippen molar-refractivity contribution in [2.24, 2.45) is 5.92 Å². The summed E-state index contributed by atoms with van der Waals surface area (Å²) < 4.78 is 14.0. The fraction of sp³-hybridized carbons (Fsp3) is 0.600. The summed E-state index contributed by atoms with van der Waals surface area (Å²) in [4.78, 5) is 2.05. The molecule has 18 heavy (non-hydrogen) atoms. The number of halogens is 1. The highest BCUT2D eigenvalue weighted by Crippen LogP contribution is 2.29. The molecule has 1 aromatic carbocycles. The largest absolute Gasteiger partial charge is 0.372 e. The molecule has 0 unspecified atom stereocenters. The normalized spacial score (nSPS) is 15.5. The van der Waals surface area contributed by atoms with Crippen LogP contribution in [-0.2, 0) is 6.54 Å². The van der Waals surface area contributed by atoms with E-state index in [4.69, 9.17) is 0 Å². The highest BCUT2D eigenvalue weighted by Gasteiger charge is 2.20. The molecular formula is C15H23FN2. The van der Waals surface area contributed by atoms with E-state index < -0.39 is 0 Å². The van der Waals surface area contributed by atoms with E-state index in [1.54, 1.807) is 6.07 Å². The molecule has 0 saturated heterocycles. The molecule has 1 aromatic rings. The summed E-state index contributed by atoms with van der Waals surface area (Å²) in [6.45, 7) is 4.67. The summed E-state index contributed by atoms with van der Waals surface area (Å²) >= 11 is 0. The van der Waals surface area contributed by atoms with Gasteiger partial charge in [0.15, 0.2) is 0 Å². The number of benzene rings is 1. The lowest BCUT2D eigenvalue weighted by Crippen LogP contribution is -2.29. The maximum absolute atomic E-state index is 14.0. The van der Waals surface area contributed by atoms with Gasteiger partial charge in [0.25, 0.3) is 0 Å². The fourth-order valence-electron chi connectivity index (χ4n) is 2.40. The van der Waals surface area contributed by atoms with Gasteiger partial charge in [0.1, 0.15) is 5.82 Å². The van der Waals surface area contributed by atoms with Crippen molar-refractivity contribution in [2.45, 2.75) is 32.7 Å². The number of anilines is 1. The average molecular weight is 250 g/mol. The summed E-state index contributed by atoms with van der Waals surface area (Å²) in [5.74, 6) is 0.656. The molecule has 0 atom stereocenters. The number of nitrogens with zero attached hydrogens (tertiary/aromatic N) is 1. The van der Waals surface area contributed by atoms with Crippen molar-refractivity contribution in [3.05, 3.63) is 29.6 Å². The standard InChI is InChI=1S/C15H23FN2/c1-3-17-10-13-7-8-15(14(16)9-13)18(2)11-12-5-4-6-12/h7-9,12,17H,3-6,10-11H2,1-2H3. The van der Waals surface area contributed by atoms with E-state index in [-0.39, 0.29) is 5.82 Å². The first-order valence-corrected chi connectivity index (χ1v) is 6.91. The van der Waals surface area contributed by atoms with Crippen LogP contribution in [0.15, 0.2) is 18.2 Å². The lowest BCUT2D eigenvalue weighted by molar-refractivity contribution is 0.321. The predicted octanol–water partition coefficient (Wildman–Crippen LogP) is 3.17. The minimum atomic E-state index is -0.104. The third kappa shape index (κ3) is 3.22. The Bertz CT molecular complexity index is 388. The van der Waals surface area contributed by atoms with E-state index in [2.05, 4.69) is 17.1 Å². The molecule has 1 fully saturated rings. The molecular weight excluding hydrogens is 227 g/mol. The predicted molar refractivity (Wildman–Crippen MR) is 74.4 cm³/mol. The Labute approximate surface area is 109 Å². The molecule has 3 heteroatoms. The van der Waals surface area contributed by atoms with Crippen molar-refractivity contribution in [3.63, 3.8) is 0 Å². The molecule has 0 amide bonds. The van der Waals surface area contributed by atoms with Crippen molar-refractivity contribution < 1.29 is 4.39 Å². The molecule has 0 bridgehead atoms. The maximum Gasteiger partial charge on any atom is 0.146 e. The van der Waals surface area contributed by atoms with Crippen LogP contribution in [0.4, 0.5) is 10.1 Å². The number of hydrogen-bond acceptors (Lipinski definition) is 2. The highest BCUT2D eigenvalue weighted by atomic mass is 19.1. The van der Waals surface area contributed by atoms with Gasteiger partial charge in [-0.3, -0.25) is 0 Å². The van der Waals surface area contributed by atoms with Gasteiger partial charge in [0, 0.05) is 20.1 Å². The summed E-state index contributed by atoms with van der Waals surface area (Å²) in [7, 11) is 1.99. The van der Waals surface area contributed by atoms with Crippen LogP contribution in [0.25, 0.3) is 0 Å². The second kappa shape index (κ2) is 6.19. The van der Waals surface area contributed by atoms with Crippen LogP contribution in [0.5, 0.6) is 0 Å². The molecule has 0 aliphatic heterocycles. The fourth-order valence-corrected chi connectivity index (χ4v) is 2.40. The molecule has 0 heterocycles. The molecule has 1 N–H and O–H groups in total. The van der Waals surface area contributed by atoms with Gasteiger partial charge in [-0.25, -0.2) is 4.39 Å². The van der Waals surface area contributed by atoms with Gasteiger partial charge in [-0.1, -0.05) is 19.4 Å². The van der Waals surface area contributed by atoms with Crippen LogP contribution in [-0.4, -0.2) is 20.1 Å². The molecule has 100 valence electrons. The zero-order valence-corrected chi connectivity index (χ0v) is 11.4. The van der Waals surface area contributed by atoms with Crippen LogP contribution in [0, 0.1) is 11.7 Å². The van der Waals surface area contributed by atoms with Gasteiger partial charge in [0.2, 0.25) is 0 Å². The molecule has 0 spiro atoms. The first-order valence-electron chi connectivity index (χ1n) is 6.91. The summed E-state index contributed by atoms with van der Waals surface area (Å²) in [5.41, 5.74) is 1.73. The third-order valence-electron chi connectivity index (χ3n) is 3.76. The van der Waals surface area contributed by atoms with Gasteiger partial charge in [-0.15, -0.1) is 0 Å². The second-order valence-electron chi connectivity index (χ2n) is 5.24. The van der Waals surface area contributed by atoms with E-state index in [1.807, 2.05) is 19.2 Å². The maximum atomic E-state index is 14.0.